The van der Waals surface area contributed by atoms with Crippen molar-refractivity contribution in [3.8, 4) is 0 Å². The van der Waals surface area contributed by atoms with E-state index in [1.807, 2.05) is 0 Å². The number of hydrogen-bond donors (Lipinski definition) is 1. The molecule has 8 nitrogen and oxygen atoms in total. The Bertz CT molecular complexity index is 836. The number of sulfonamides is 1. The maximum Gasteiger partial charge on any atom is 0.301 e. The summed E-state index contributed by atoms with van der Waals surface area (Å²) in [6, 6.07) is 6.39. The Morgan fingerprint density at radius 2 is 1.70 bits per heavy atom. The third-order valence-corrected chi connectivity index (χ3v) is 8.18. The van der Waals surface area contributed by atoms with Gasteiger partial charge in [-0.05, 0) is 44.5 Å². The van der Waals surface area contributed by atoms with Crippen LogP contribution in [-0.2, 0) is 20.2 Å². The zero-order valence-electron chi connectivity index (χ0n) is 16.6. The van der Waals surface area contributed by atoms with E-state index in [9.17, 15) is 16.8 Å². The number of benzene rings is 1. The van der Waals surface area contributed by atoms with E-state index >= 15 is 0 Å². The molecule has 0 aromatic heterocycles. The van der Waals surface area contributed by atoms with Crippen molar-refractivity contribution >= 4 is 25.9 Å². The molecular formula is C17H30N4O4S2. The fourth-order valence-corrected chi connectivity index (χ4v) is 5.27. The van der Waals surface area contributed by atoms with E-state index in [2.05, 4.69) is 30.4 Å². The quantitative estimate of drug-likeness (QED) is 0.723. The monoisotopic (exact) mass is 418 g/mol. The summed E-state index contributed by atoms with van der Waals surface area (Å²) in [6.07, 6.45) is 0.884. The molecule has 1 aliphatic rings. The summed E-state index contributed by atoms with van der Waals surface area (Å²) >= 11 is 0. The van der Waals surface area contributed by atoms with E-state index in [-0.39, 0.29) is 10.9 Å². The third-order valence-electron chi connectivity index (χ3n) is 4.85. The first-order valence-corrected chi connectivity index (χ1v) is 11.9. The van der Waals surface area contributed by atoms with Gasteiger partial charge in [-0.3, -0.25) is 9.62 Å². The Morgan fingerprint density at radius 1 is 1.11 bits per heavy atom. The lowest BCUT2D eigenvalue weighted by molar-refractivity contribution is 0.0851. The summed E-state index contributed by atoms with van der Waals surface area (Å²) in [5, 5.41) is 0. The SMILES string of the molecule is CCC1CN(S(=O)(=O)c2ccc(NS(=O)(=O)N(C)C)cc2)CCN1C(C)C. The molecule has 27 heavy (non-hydrogen) atoms. The molecule has 1 N–H and O–H groups in total. The highest BCUT2D eigenvalue weighted by atomic mass is 32.2. The molecule has 0 amide bonds. The number of anilines is 1. The Hall–Kier alpha value is -1.20. The van der Waals surface area contributed by atoms with Crippen LogP contribution >= 0.6 is 0 Å². The van der Waals surface area contributed by atoms with Gasteiger partial charge in [0, 0.05) is 51.5 Å². The minimum Gasteiger partial charge on any atom is -0.295 e. The van der Waals surface area contributed by atoms with Crippen LogP contribution in [0.2, 0.25) is 0 Å². The lowest BCUT2D eigenvalue weighted by Gasteiger charge is -2.42. The lowest BCUT2D eigenvalue weighted by atomic mass is 10.1. The molecule has 154 valence electrons. The molecular weight excluding hydrogens is 388 g/mol. The molecule has 1 aromatic carbocycles. The molecule has 1 unspecified atom stereocenters. The molecule has 0 saturated carbocycles. The van der Waals surface area contributed by atoms with Crippen LogP contribution in [0.1, 0.15) is 27.2 Å². The Balaban J connectivity index is 2.17. The molecule has 10 heteroatoms. The van der Waals surface area contributed by atoms with Gasteiger partial charge >= 0.3 is 10.2 Å². The first-order valence-electron chi connectivity index (χ1n) is 9.05. The van der Waals surface area contributed by atoms with Gasteiger partial charge < -0.3 is 0 Å². The Morgan fingerprint density at radius 3 is 2.19 bits per heavy atom. The minimum absolute atomic E-state index is 0.170. The molecule has 0 bridgehead atoms. The van der Waals surface area contributed by atoms with Crippen LogP contribution in [0.4, 0.5) is 5.69 Å². The van der Waals surface area contributed by atoms with Crippen LogP contribution in [0.25, 0.3) is 0 Å². The van der Waals surface area contributed by atoms with Crippen LogP contribution in [0.3, 0.4) is 0 Å². The largest absolute Gasteiger partial charge is 0.301 e. The summed E-state index contributed by atoms with van der Waals surface area (Å²) in [6.45, 7) is 7.94. The second kappa shape index (κ2) is 8.44. The van der Waals surface area contributed by atoms with Crippen molar-refractivity contribution in [1.29, 1.82) is 0 Å². The Labute approximate surface area is 163 Å². The highest BCUT2D eigenvalue weighted by Crippen LogP contribution is 2.24. The van der Waals surface area contributed by atoms with Crippen LogP contribution < -0.4 is 4.72 Å². The number of hydrogen-bond acceptors (Lipinski definition) is 5. The van der Waals surface area contributed by atoms with Gasteiger partial charge in [0.25, 0.3) is 0 Å². The van der Waals surface area contributed by atoms with E-state index in [1.165, 1.54) is 42.7 Å². The number of rotatable bonds is 7. The highest BCUT2D eigenvalue weighted by Gasteiger charge is 2.34. The predicted molar refractivity (Wildman–Crippen MR) is 107 cm³/mol. The predicted octanol–water partition coefficient (Wildman–Crippen LogP) is 1.40. The zero-order valence-corrected chi connectivity index (χ0v) is 18.2. The van der Waals surface area contributed by atoms with Gasteiger partial charge in [0.1, 0.15) is 0 Å². The molecule has 0 aliphatic carbocycles. The molecule has 1 atom stereocenters. The Kier molecular flexibility index (Phi) is 6.91. The standard InChI is InChI=1S/C17H30N4O4S2/c1-6-16-13-20(11-12-21(16)14(2)3)26(22,23)17-9-7-15(8-10-17)18-27(24,25)19(4)5/h7-10,14,16,18H,6,11-13H2,1-5H3. The summed E-state index contributed by atoms with van der Waals surface area (Å²) in [7, 11) is -4.40. The van der Waals surface area contributed by atoms with E-state index in [1.54, 1.807) is 0 Å². The smallest absolute Gasteiger partial charge is 0.295 e. The van der Waals surface area contributed by atoms with Crippen LogP contribution in [0, 0.1) is 0 Å². The molecule has 1 fully saturated rings. The van der Waals surface area contributed by atoms with Gasteiger partial charge in [0.2, 0.25) is 10.0 Å². The molecule has 0 spiro atoms. The van der Waals surface area contributed by atoms with Gasteiger partial charge in [-0.25, -0.2) is 8.42 Å². The lowest BCUT2D eigenvalue weighted by Crippen LogP contribution is -2.56. The first-order chi connectivity index (χ1) is 12.5. The number of nitrogens with one attached hydrogen (secondary N) is 1. The first kappa shape index (κ1) is 22.1. The topological polar surface area (TPSA) is 90.0 Å². The minimum atomic E-state index is -3.63. The van der Waals surface area contributed by atoms with E-state index in [4.69, 9.17) is 0 Å². The highest BCUT2D eigenvalue weighted by molar-refractivity contribution is 7.90. The van der Waals surface area contributed by atoms with Gasteiger partial charge in [-0.1, -0.05) is 6.92 Å². The van der Waals surface area contributed by atoms with Crippen molar-refractivity contribution < 1.29 is 16.8 Å². The summed E-state index contributed by atoms with van der Waals surface area (Å²) in [4.78, 5) is 2.51. The normalized spacial score (nSPS) is 20.3. The summed E-state index contributed by atoms with van der Waals surface area (Å²) in [5.74, 6) is 0. The van der Waals surface area contributed by atoms with Crippen LogP contribution in [0.15, 0.2) is 29.2 Å². The number of nitrogens with zero attached hydrogens (tertiary/aromatic N) is 3. The van der Waals surface area contributed by atoms with E-state index in [0.29, 0.717) is 31.4 Å². The van der Waals surface area contributed by atoms with Gasteiger partial charge in [0.15, 0.2) is 0 Å². The van der Waals surface area contributed by atoms with E-state index < -0.39 is 20.2 Å². The van der Waals surface area contributed by atoms with Gasteiger partial charge in [-0.2, -0.15) is 17.0 Å². The molecule has 1 aromatic rings. The maximum atomic E-state index is 13.0. The molecule has 1 saturated heterocycles. The summed E-state index contributed by atoms with van der Waals surface area (Å²) in [5.41, 5.74) is 0.318. The van der Waals surface area contributed by atoms with Gasteiger partial charge in [0.05, 0.1) is 4.90 Å². The van der Waals surface area contributed by atoms with Crippen molar-refractivity contribution in [2.75, 3.05) is 38.5 Å². The van der Waals surface area contributed by atoms with Crippen molar-refractivity contribution in [2.45, 2.75) is 44.2 Å². The van der Waals surface area contributed by atoms with E-state index in [0.717, 1.165) is 10.7 Å². The average Bonchev–Trinajstić information content (AvgIpc) is 2.61. The van der Waals surface area contributed by atoms with Crippen LogP contribution in [-0.4, -0.2) is 76.2 Å². The molecule has 1 heterocycles. The zero-order chi connectivity index (χ0) is 20.4. The third kappa shape index (κ3) is 5.00. The average molecular weight is 419 g/mol. The second-order valence-corrected chi connectivity index (χ2v) is 11.0. The maximum absolute atomic E-state index is 13.0. The van der Waals surface area contributed by atoms with Crippen molar-refractivity contribution in [3.05, 3.63) is 24.3 Å². The van der Waals surface area contributed by atoms with Gasteiger partial charge in [-0.15, -0.1) is 0 Å². The number of piperazine rings is 1. The fraction of sp³-hybridized carbons (Fsp3) is 0.647. The fourth-order valence-electron chi connectivity index (χ4n) is 3.19. The molecule has 0 radical (unpaired) electrons. The van der Waals surface area contributed by atoms with Crippen molar-refractivity contribution in [2.24, 2.45) is 0 Å². The van der Waals surface area contributed by atoms with Crippen molar-refractivity contribution in [1.82, 2.24) is 13.5 Å². The van der Waals surface area contributed by atoms with Crippen molar-refractivity contribution in [3.63, 3.8) is 0 Å². The molecule has 1 aliphatic heterocycles. The summed E-state index contributed by atoms with van der Waals surface area (Å²) < 4.78 is 54.7. The van der Waals surface area contributed by atoms with Crippen LogP contribution in [0.5, 0.6) is 0 Å². The second-order valence-electron chi connectivity index (χ2n) is 7.17. The molecule has 2 rings (SSSR count).